The van der Waals surface area contributed by atoms with Crippen molar-refractivity contribution < 1.29 is 22.7 Å². The van der Waals surface area contributed by atoms with E-state index in [1.165, 1.54) is 6.07 Å². The summed E-state index contributed by atoms with van der Waals surface area (Å²) in [4.78, 5) is 10.5. The minimum absolute atomic E-state index is 0.0343. The van der Waals surface area contributed by atoms with E-state index in [9.17, 15) is 13.2 Å². The number of aryl methyl sites for hydroxylation is 1. The SMILES string of the molecule is O=C(O)c1cc2c(o1)CCS(=O)(=O)C2. The first-order valence-electron chi connectivity index (χ1n) is 4.03. The summed E-state index contributed by atoms with van der Waals surface area (Å²) in [5.41, 5.74) is 0.480. The fourth-order valence-electron chi connectivity index (χ4n) is 1.46. The summed E-state index contributed by atoms with van der Waals surface area (Å²) in [6.45, 7) is 0. The van der Waals surface area contributed by atoms with Crippen LogP contribution in [0.4, 0.5) is 0 Å². The number of sulfone groups is 1. The maximum absolute atomic E-state index is 11.2. The quantitative estimate of drug-likeness (QED) is 0.736. The Morgan fingerprint density at radius 1 is 1.50 bits per heavy atom. The molecule has 6 heteroatoms. The van der Waals surface area contributed by atoms with Crippen LogP contribution in [0.5, 0.6) is 0 Å². The summed E-state index contributed by atoms with van der Waals surface area (Å²) in [6.07, 6.45) is 0.269. The molecule has 5 nitrogen and oxygen atoms in total. The van der Waals surface area contributed by atoms with Gasteiger partial charge in [0.1, 0.15) is 5.76 Å². The molecule has 0 bridgehead atoms. The molecule has 0 aliphatic carbocycles. The Morgan fingerprint density at radius 3 is 2.86 bits per heavy atom. The molecule has 2 heterocycles. The van der Waals surface area contributed by atoms with Crippen LogP contribution in [0, 0.1) is 0 Å². The highest BCUT2D eigenvalue weighted by atomic mass is 32.2. The molecule has 14 heavy (non-hydrogen) atoms. The van der Waals surface area contributed by atoms with Crippen LogP contribution in [0.1, 0.15) is 21.9 Å². The Morgan fingerprint density at radius 2 is 2.21 bits per heavy atom. The monoisotopic (exact) mass is 216 g/mol. The molecule has 0 saturated heterocycles. The number of carbonyl (C=O) groups is 1. The van der Waals surface area contributed by atoms with Crippen molar-refractivity contribution in [3.05, 3.63) is 23.2 Å². The average molecular weight is 216 g/mol. The molecule has 1 aliphatic heterocycles. The van der Waals surface area contributed by atoms with E-state index in [1.54, 1.807) is 0 Å². The number of rotatable bonds is 1. The highest BCUT2D eigenvalue weighted by Gasteiger charge is 2.26. The molecule has 0 unspecified atom stereocenters. The number of carboxylic acid groups (broad SMARTS) is 1. The molecule has 0 aromatic carbocycles. The molecular weight excluding hydrogens is 208 g/mol. The third-order valence-electron chi connectivity index (χ3n) is 2.12. The first-order chi connectivity index (χ1) is 6.48. The van der Waals surface area contributed by atoms with E-state index in [0.717, 1.165) is 0 Å². The summed E-state index contributed by atoms with van der Waals surface area (Å²) in [5, 5.41) is 8.62. The van der Waals surface area contributed by atoms with Gasteiger partial charge in [-0.1, -0.05) is 0 Å². The van der Waals surface area contributed by atoms with Gasteiger partial charge in [-0.05, 0) is 6.07 Å². The summed E-state index contributed by atoms with van der Waals surface area (Å²) in [7, 11) is -3.06. The lowest BCUT2D eigenvalue weighted by Gasteiger charge is -2.09. The third kappa shape index (κ3) is 1.52. The summed E-state index contributed by atoms with van der Waals surface area (Å²) < 4.78 is 27.4. The maximum Gasteiger partial charge on any atom is 0.371 e. The summed E-state index contributed by atoms with van der Waals surface area (Å²) in [6, 6.07) is 1.29. The third-order valence-corrected chi connectivity index (χ3v) is 3.70. The van der Waals surface area contributed by atoms with Gasteiger partial charge in [0.15, 0.2) is 9.84 Å². The highest BCUT2D eigenvalue weighted by molar-refractivity contribution is 7.90. The Bertz CT molecular complexity index is 482. The predicted octanol–water partition coefficient (Wildman–Crippen LogP) is 0.449. The van der Waals surface area contributed by atoms with Crippen molar-refractivity contribution in [2.45, 2.75) is 12.2 Å². The van der Waals surface area contributed by atoms with Crippen LogP contribution in [0.15, 0.2) is 10.5 Å². The van der Waals surface area contributed by atoms with Crippen LogP contribution in [0.25, 0.3) is 0 Å². The van der Waals surface area contributed by atoms with Gasteiger partial charge < -0.3 is 9.52 Å². The maximum atomic E-state index is 11.2. The van der Waals surface area contributed by atoms with Crippen molar-refractivity contribution in [3.63, 3.8) is 0 Å². The van der Waals surface area contributed by atoms with E-state index in [-0.39, 0.29) is 23.7 Å². The summed E-state index contributed by atoms with van der Waals surface area (Å²) >= 11 is 0. The van der Waals surface area contributed by atoms with E-state index in [2.05, 4.69) is 0 Å². The highest BCUT2D eigenvalue weighted by Crippen LogP contribution is 2.24. The number of furan rings is 1. The van der Waals surface area contributed by atoms with Gasteiger partial charge in [-0.3, -0.25) is 0 Å². The van der Waals surface area contributed by atoms with Crippen molar-refractivity contribution in [1.82, 2.24) is 0 Å². The van der Waals surface area contributed by atoms with Gasteiger partial charge in [0.2, 0.25) is 5.76 Å². The number of fused-ring (bicyclic) bond motifs is 1. The fraction of sp³-hybridized carbons (Fsp3) is 0.375. The van der Waals surface area contributed by atoms with Crippen molar-refractivity contribution in [2.75, 3.05) is 5.75 Å². The van der Waals surface area contributed by atoms with Gasteiger partial charge in [-0.15, -0.1) is 0 Å². The standard InChI is InChI=1S/C8H8O5S/c9-8(10)7-3-5-4-14(11,12)2-1-6(5)13-7/h3H,1-2,4H2,(H,9,10). The molecule has 0 radical (unpaired) electrons. The second kappa shape index (κ2) is 2.84. The molecule has 0 spiro atoms. The lowest BCUT2D eigenvalue weighted by molar-refractivity contribution is 0.0660. The molecule has 2 rings (SSSR count). The van der Waals surface area contributed by atoms with Gasteiger partial charge >= 0.3 is 5.97 Å². The molecular formula is C8H8O5S. The number of aromatic carboxylic acids is 1. The Kier molecular flexibility index (Phi) is 1.88. The Balaban J connectivity index is 2.44. The molecule has 1 aromatic heterocycles. The molecule has 76 valence electrons. The molecule has 1 aromatic rings. The van der Waals surface area contributed by atoms with E-state index in [0.29, 0.717) is 11.3 Å². The minimum Gasteiger partial charge on any atom is -0.475 e. The number of hydrogen-bond donors (Lipinski definition) is 1. The van der Waals surface area contributed by atoms with Gasteiger partial charge in [0.05, 0.1) is 11.5 Å². The zero-order chi connectivity index (χ0) is 10.3. The lowest BCUT2D eigenvalue weighted by Crippen LogP contribution is -2.17. The van der Waals surface area contributed by atoms with Crippen molar-refractivity contribution in [1.29, 1.82) is 0 Å². The lowest BCUT2D eigenvalue weighted by atomic mass is 10.2. The second-order valence-corrected chi connectivity index (χ2v) is 5.39. The van der Waals surface area contributed by atoms with Crippen molar-refractivity contribution >= 4 is 15.8 Å². The van der Waals surface area contributed by atoms with Crippen LogP contribution >= 0.6 is 0 Å². The minimum atomic E-state index is -3.06. The van der Waals surface area contributed by atoms with E-state index < -0.39 is 15.8 Å². The van der Waals surface area contributed by atoms with Crippen LogP contribution in [-0.2, 0) is 22.0 Å². The first-order valence-corrected chi connectivity index (χ1v) is 5.85. The summed E-state index contributed by atoms with van der Waals surface area (Å²) in [5.74, 6) is -0.952. The smallest absolute Gasteiger partial charge is 0.371 e. The first kappa shape index (κ1) is 9.26. The Hall–Kier alpha value is -1.30. The van der Waals surface area contributed by atoms with Crippen LogP contribution < -0.4 is 0 Å². The van der Waals surface area contributed by atoms with Crippen molar-refractivity contribution in [3.8, 4) is 0 Å². The van der Waals surface area contributed by atoms with Crippen LogP contribution in [-0.4, -0.2) is 25.2 Å². The zero-order valence-electron chi connectivity index (χ0n) is 7.19. The normalized spacial score (nSPS) is 18.9. The predicted molar refractivity (Wildman–Crippen MR) is 46.9 cm³/mol. The van der Waals surface area contributed by atoms with Crippen molar-refractivity contribution in [2.24, 2.45) is 0 Å². The zero-order valence-corrected chi connectivity index (χ0v) is 8.00. The van der Waals surface area contributed by atoms with E-state index in [4.69, 9.17) is 9.52 Å². The van der Waals surface area contributed by atoms with Gasteiger partial charge in [0.25, 0.3) is 0 Å². The van der Waals surface area contributed by atoms with E-state index >= 15 is 0 Å². The van der Waals surface area contributed by atoms with E-state index in [1.807, 2.05) is 0 Å². The van der Waals surface area contributed by atoms with Crippen LogP contribution in [0.2, 0.25) is 0 Å². The van der Waals surface area contributed by atoms with Gasteiger partial charge in [-0.2, -0.15) is 0 Å². The largest absolute Gasteiger partial charge is 0.475 e. The fourth-order valence-corrected chi connectivity index (χ4v) is 2.82. The molecule has 1 N–H and O–H groups in total. The second-order valence-electron chi connectivity index (χ2n) is 3.21. The topological polar surface area (TPSA) is 84.6 Å². The Labute approximate surface area is 80.3 Å². The number of carboxylic acids is 1. The molecule has 1 aliphatic rings. The number of hydrogen-bond acceptors (Lipinski definition) is 4. The molecule has 0 amide bonds. The van der Waals surface area contributed by atoms with Gasteiger partial charge in [0, 0.05) is 12.0 Å². The molecule has 0 fully saturated rings. The van der Waals surface area contributed by atoms with Crippen LogP contribution in [0.3, 0.4) is 0 Å². The molecule has 0 saturated carbocycles. The average Bonchev–Trinajstić information content (AvgIpc) is 2.45. The van der Waals surface area contributed by atoms with Gasteiger partial charge in [-0.25, -0.2) is 13.2 Å². The molecule has 0 atom stereocenters.